The summed E-state index contributed by atoms with van der Waals surface area (Å²) in [6.45, 7) is 6.15. The number of anilines is 1. The molecule has 0 fully saturated rings. The summed E-state index contributed by atoms with van der Waals surface area (Å²) >= 11 is 0. The van der Waals surface area contributed by atoms with E-state index in [1.165, 1.54) is 0 Å². The molecule has 0 aliphatic heterocycles. The number of benzene rings is 2. The molecule has 0 unspecified atom stereocenters. The number of carbonyl (C=O) groups excluding carboxylic acids is 1. The van der Waals surface area contributed by atoms with Gasteiger partial charge in [-0.1, -0.05) is 18.2 Å². The summed E-state index contributed by atoms with van der Waals surface area (Å²) in [5, 5.41) is 13.3. The molecule has 2 N–H and O–H groups in total. The van der Waals surface area contributed by atoms with Crippen LogP contribution in [0.2, 0.25) is 0 Å². The maximum atomic E-state index is 12.6. The molecule has 0 aliphatic carbocycles. The third-order valence-corrected chi connectivity index (χ3v) is 4.96. The second-order valence-corrected chi connectivity index (χ2v) is 9.25. The molecule has 0 bridgehead atoms. The molecule has 3 aromatic rings. The molecule has 0 atom stereocenters. The summed E-state index contributed by atoms with van der Waals surface area (Å²) in [4.78, 5) is 26.3. The van der Waals surface area contributed by atoms with Crippen molar-refractivity contribution in [3.63, 3.8) is 0 Å². The second-order valence-electron chi connectivity index (χ2n) is 9.25. The predicted octanol–water partition coefficient (Wildman–Crippen LogP) is 5.03. The van der Waals surface area contributed by atoms with Crippen molar-refractivity contribution >= 4 is 34.9 Å². The van der Waals surface area contributed by atoms with E-state index in [2.05, 4.69) is 5.32 Å². The molecule has 2 aromatic carbocycles. The number of ether oxygens (including phenoxy) is 2. The minimum Gasteiger partial charge on any atom is -0.502 e. The molecule has 0 radical (unpaired) electrons. The van der Waals surface area contributed by atoms with Crippen molar-refractivity contribution in [3.05, 3.63) is 64.0 Å². The quantitative estimate of drug-likeness (QED) is 0.436. The topological polar surface area (TPSA) is 101 Å². The zero-order valence-corrected chi connectivity index (χ0v) is 20.8. The van der Waals surface area contributed by atoms with Gasteiger partial charge in [0, 0.05) is 32.4 Å². The molecule has 1 heterocycles. The van der Waals surface area contributed by atoms with E-state index in [0.29, 0.717) is 30.9 Å². The normalized spacial score (nSPS) is 11.6. The van der Waals surface area contributed by atoms with Gasteiger partial charge in [-0.15, -0.1) is 0 Å². The van der Waals surface area contributed by atoms with Gasteiger partial charge < -0.3 is 29.2 Å². The number of amides is 1. The number of nitrogens with one attached hydrogen (secondary N) is 1. The van der Waals surface area contributed by atoms with Crippen LogP contribution >= 0.6 is 0 Å². The Hall–Kier alpha value is -3.94. The number of nitrogens with zero attached hydrogens (tertiary/aromatic N) is 1. The molecule has 0 aliphatic rings. The van der Waals surface area contributed by atoms with Gasteiger partial charge >= 0.3 is 6.09 Å². The fourth-order valence-electron chi connectivity index (χ4n) is 3.21. The molecule has 8 nitrogen and oxygen atoms in total. The zero-order valence-electron chi connectivity index (χ0n) is 20.8. The molecule has 0 spiro atoms. The average Bonchev–Trinajstić information content (AvgIpc) is 2.79. The fraction of sp³-hybridized carbons (Fsp3) is 0.333. The van der Waals surface area contributed by atoms with Crippen molar-refractivity contribution in [2.75, 3.05) is 32.1 Å². The van der Waals surface area contributed by atoms with Gasteiger partial charge in [0.05, 0.1) is 12.0 Å². The van der Waals surface area contributed by atoms with Gasteiger partial charge in [0.1, 0.15) is 16.9 Å². The van der Waals surface area contributed by atoms with Gasteiger partial charge in [-0.3, -0.25) is 4.79 Å². The van der Waals surface area contributed by atoms with Crippen LogP contribution in [0.3, 0.4) is 0 Å². The number of alkyl carbamates (subject to hydrolysis) is 1. The van der Waals surface area contributed by atoms with Crippen LogP contribution in [-0.2, 0) is 4.74 Å². The lowest BCUT2D eigenvalue weighted by molar-refractivity contribution is 0.0525. The summed E-state index contributed by atoms with van der Waals surface area (Å²) in [7, 11) is 3.93. The number of rotatable bonds is 8. The Morgan fingerprint density at radius 2 is 1.83 bits per heavy atom. The molecule has 35 heavy (non-hydrogen) atoms. The van der Waals surface area contributed by atoms with E-state index in [0.717, 1.165) is 11.3 Å². The highest BCUT2D eigenvalue weighted by atomic mass is 16.6. The lowest BCUT2D eigenvalue weighted by atomic mass is 10.1. The Labute approximate surface area is 204 Å². The van der Waals surface area contributed by atoms with Crippen LogP contribution in [-0.4, -0.2) is 44.0 Å². The Bertz CT molecular complexity index is 1250. The first-order chi connectivity index (χ1) is 16.5. The van der Waals surface area contributed by atoms with Crippen LogP contribution in [0, 0.1) is 0 Å². The Morgan fingerprint density at radius 3 is 2.49 bits per heavy atom. The highest BCUT2D eigenvalue weighted by Crippen LogP contribution is 2.25. The SMILES string of the molecule is CN(C)c1ccc(/C=C/c2oc3cc(OCCCNC(=O)OC(C)(C)C)ccc3c(=O)c2O)cc1. The van der Waals surface area contributed by atoms with E-state index < -0.39 is 22.9 Å². The summed E-state index contributed by atoms with van der Waals surface area (Å²) < 4.78 is 16.7. The van der Waals surface area contributed by atoms with Crippen LogP contribution in [0.15, 0.2) is 51.7 Å². The monoisotopic (exact) mass is 480 g/mol. The zero-order chi connectivity index (χ0) is 25.6. The first kappa shape index (κ1) is 25.7. The number of carbonyl (C=O) groups is 1. The molecule has 1 aromatic heterocycles. The molecule has 8 heteroatoms. The van der Waals surface area contributed by atoms with E-state index in [9.17, 15) is 14.7 Å². The lowest BCUT2D eigenvalue weighted by Gasteiger charge is -2.19. The summed E-state index contributed by atoms with van der Waals surface area (Å²) in [5.74, 6) is 0.135. The molecule has 1 amide bonds. The standard InChI is InChI=1S/C27H32N2O6/c1-27(2,3)35-26(32)28-15-6-16-33-20-12-13-21-23(17-20)34-22(25(31)24(21)30)14-9-18-7-10-19(11-8-18)29(4)5/h7-14,17,31H,6,15-16H2,1-5H3,(H,28,32)/b14-9+. The molecule has 0 saturated heterocycles. The smallest absolute Gasteiger partial charge is 0.407 e. The van der Waals surface area contributed by atoms with Crippen LogP contribution in [0.1, 0.15) is 38.5 Å². The first-order valence-corrected chi connectivity index (χ1v) is 11.4. The molecular formula is C27H32N2O6. The molecular weight excluding hydrogens is 448 g/mol. The highest BCUT2D eigenvalue weighted by Gasteiger charge is 2.15. The number of hydrogen-bond donors (Lipinski definition) is 2. The minimum atomic E-state index is -0.547. The Balaban J connectivity index is 1.66. The molecule has 0 saturated carbocycles. The van der Waals surface area contributed by atoms with E-state index in [4.69, 9.17) is 13.9 Å². The van der Waals surface area contributed by atoms with Crippen LogP contribution in [0.25, 0.3) is 23.1 Å². The van der Waals surface area contributed by atoms with Crippen LogP contribution in [0.5, 0.6) is 11.5 Å². The molecule has 186 valence electrons. The predicted molar refractivity (Wildman–Crippen MR) is 138 cm³/mol. The van der Waals surface area contributed by atoms with Gasteiger partial charge in [0.15, 0.2) is 5.76 Å². The number of aromatic hydroxyl groups is 1. The van der Waals surface area contributed by atoms with Crippen LogP contribution in [0.4, 0.5) is 10.5 Å². The summed E-state index contributed by atoms with van der Waals surface area (Å²) in [6, 6.07) is 12.6. The summed E-state index contributed by atoms with van der Waals surface area (Å²) in [6.07, 6.45) is 3.43. The third kappa shape index (κ3) is 7.27. The number of hydrogen-bond acceptors (Lipinski definition) is 7. The van der Waals surface area contributed by atoms with Crippen molar-refractivity contribution in [2.45, 2.75) is 32.8 Å². The maximum absolute atomic E-state index is 12.6. The fourth-order valence-corrected chi connectivity index (χ4v) is 3.21. The van der Waals surface area contributed by atoms with E-state index >= 15 is 0 Å². The van der Waals surface area contributed by atoms with Gasteiger partial charge in [-0.25, -0.2) is 4.79 Å². The maximum Gasteiger partial charge on any atom is 0.407 e. The van der Waals surface area contributed by atoms with Gasteiger partial charge in [0.25, 0.3) is 0 Å². The lowest BCUT2D eigenvalue weighted by Crippen LogP contribution is -2.33. The van der Waals surface area contributed by atoms with Gasteiger partial charge in [-0.2, -0.15) is 0 Å². The van der Waals surface area contributed by atoms with Crippen molar-refractivity contribution in [3.8, 4) is 11.5 Å². The van der Waals surface area contributed by atoms with Crippen LogP contribution < -0.4 is 20.4 Å². The summed E-state index contributed by atoms with van der Waals surface area (Å²) in [5.41, 5.74) is 1.21. The number of fused-ring (bicyclic) bond motifs is 1. The van der Waals surface area contributed by atoms with Crippen molar-refractivity contribution in [1.29, 1.82) is 0 Å². The largest absolute Gasteiger partial charge is 0.502 e. The Morgan fingerprint density at radius 1 is 1.11 bits per heavy atom. The van der Waals surface area contributed by atoms with E-state index in [1.807, 2.05) is 43.3 Å². The second kappa shape index (κ2) is 11.0. The first-order valence-electron chi connectivity index (χ1n) is 11.4. The minimum absolute atomic E-state index is 0.0675. The third-order valence-electron chi connectivity index (χ3n) is 4.96. The highest BCUT2D eigenvalue weighted by molar-refractivity contribution is 5.82. The van der Waals surface area contributed by atoms with Crippen molar-refractivity contribution in [1.82, 2.24) is 5.32 Å². The van der Waals surface area contributed by atoms with E-state index in [-0.39, 0.29) is 11.1 Å². The van der Waals surface area contributed by atoms with Gasteiger partial charge in [-0.05, 0) is 63.1 Å². The Kier molecular flexibility index (Phi) is 8.06. The molecule has 3 rings (SSSR count). The van der Waals surface area contributed by atoms with E-state index in [1.54, 1.807) is 51.1 Å². The van der Waals surface area contributed by atoms with Gasteiger partial charge in [0.2, 0.25) is 11.2 Å². The average molecular weight is 481 g/mol. The van der Waals surface area contributed by atoms with Crippen molar-refractivity contribution in [2.24, 2.45) is 0 Å². The van der Waals surface area contributed by atoms with Crippen molar-refractivity contribution < 1.29 is 23.8 Å².